The summed E-state index contributed by atoms with van der Waals surface area (Å²) in [5, 5.41) is 3.85. The van der Waals surface area contributed by atoms with E-state index in [2.05, 4.69) is 15.3 Å². The molecule has 28 heavy (non-hydrogen) atoms. The number of rotatable bonds is 4. The van der Waals surface area contributed by atoms with Gasteiger partial charge in [-0.05, 0) is 42.0 Å². The van der Waals surface area contributed by atoms with Crippen LogP contribution in [0.15, 0.2) is 85.2 Å². The van der Waals surface area contributed by atoms with Gasteiger partial charge in [0.2, 0.25) is 5.91 Å². The van der Waals surface area contributed by atoms with Crippen molar-refractivity contribution in [3.63, 3.8) is 0 Å². The summed E-state index contributed by atoms with van der Waals surface area (Å²) in [6.07, 6.45) is 6.68. The highest BCUT2D eigenvalue weighted by atomic mass is 16.1. The Morgan fingerprint density at radius 3 is 2.61 bits per heavy atom. The summed E-state index contributed by atoms with van der Waals surface area (Å²) in [7, 11) is 0. The average molecular weight is 366 g/mol. The smallest absolute Gasteiger partial charge is 0.248 e. The van der Waals surface area contributed by atoms with Gasteiger partial charge in [-0.15, -0.1) is 0 Å². The average Bonchev–Trinajstić information content (AvgIpc) is 2.74. The molecule has 0 unspecified atom stereocenters. The quantitative estimate of drug-likeness (QED) is 0.411. The summed E-state index contributed by atoms with van der Waals surface area (Å²) in [6, 6.07) is 21.1. The van der Waals surface area contributed by atoms with Crippen LogP contribution in [0.4, 0.5) is 11.4 Å². The number of fused-ring (bicyclic) bond motifs is 1. The van der Waals surface area contributed by atoms with Crippen LogP contribution >= 0.6 is 0 Å². The number of amides is 1. The second kappa shape index (κ2) is 7.72. The molecule has 2 aromatic heterocycles. The molecular formula is C23H18N4O. The van der Waals surface area contributed by atoms with Gasteiger partial charge in [-0.3, -0.25) is 14.8 Å². The third-order valence-corrected chi connectivity index (χ3v) is 4.35. The topological polar surface area (TPSA) is 80.9 Å². The lowest BCUT2D eigenvalue weighted by atomic mass is 10.1. The highest BCUT2D eigenvalue weighted by Gasteiger charge is 2.03. The molecule has 0 bridgehead atoms. The Morgan fingerprint density at radius 1 is 0.929 bits per heavy atom. The Labute approximate surface area is 162 Å². The number of hydrogen-bond acceptors (Lipinski definition) is 4. The van der Waals surface area contributed by atoms with Gasteiger partial charge in [0.15, 0.2) is 0 Å². The van der Waals surface area contributed by atoms with E-state index >= 15 is 0 Å². The maximum atomic E-state index is 12.1. The number of anilines is 2. The molecule has 0 aliphatic carbocycles. The number of para-hydroxylation sites is 2. The van der Waals surface area contributed by atoms with E-state index in [1.54, 1.807) is 30.6 Å². The number of nitrogens with two attached hydrogens (primary N) is 1. The molecule has 0 spiro atoms. The first-order chi connectivity index (χ1) is 13.7. The van der Waals surface area contributed by atoms with Crippen LogP contribution in [0, 0.1) is 0 Å². The van der Waals surface area contributed by atoms with Crippen molar-refractivity contribution in [2.75, 3.05) is 11.1 Å². The number of carbonyl (C=O) groups excluding carboxylic acids is 1. The van der Waals surface area contributed by atoms with Gasteiger partial charge in [-0.2, -0.15) is 0 Å². The largest absolute Gasteiger partial charge is 0.397 e. The van der Waals surface area contributed by atoms with Crippen molar-refractivity contribution in [2.24, 2.45) is 0 Å². The van der Waals surface area contributed by atoms with Gasteiger partial charge >= 0.3 is 0 Å². The molecule has 1 amide bonds. The number of nitrogen functional groups attached to an aromatic ring is 1. The lowest BCUT2D eigenvalue weighted by Crippen LogP contribution is -2.09. The first kappa shape index (κ1) is 17.4. The minimum Gasteiger partial charge on any atom is -0.397 e. The van der Waals surface area contributed by atoms with E-state index in [1.807, 2.05) is 54.6 Å². The third kappa shape index (κ3) is 3.88. The monoisotopic (exact) mass is 366 g/mol. The van der Waals surface area contributed by atoms with E-state index in [0.29, 0.717) is 17.1 Å². The molecule has 0 saturated carbocycles. The molecule has 5 heteroatoms. The minimum absolute atomic E-state index is 0.260. The molecule has 0 fully saturated rings. The van der Waals surface area contributed by atoms with E-state index in [1.165, 1.54) is 6.08 Å². The fourth-order valence-corrected chi connectivity index (χ4v) is 2.87. The lowest BCUT2D eigenvalue weighted by molar-refractivity contribution is -0.111. The van der Waals surface area contributed by atoms with Crippen molar-refractivity contribution >= 4 is 34.3 Å². The van der Waals surface area contributed by atoms with Gasteiger partial charge in [0.05, 0.1) is 22.6 Å². The molecule has 136 valence electrons. The number of benzene rings is 2. The van der Waals surface area contributed by atoms with E-state index in [9.17, 15) is 4.79 Å². The molecule has 5 nitrogen and oxygen atoms in total. The summed E-state index contributed by atoms with van der Waals surface area (Å²) < 4.78 is 0. The highest BCUT2D eigenvalue weighted by molar-refractivity contribution is 6.03. The summed E-state index contributed by atoms with van der Waals surface area (Å²) >= 11 is 0. The summed E-state index contributed by atoms with van der Waals surface area (Å²) in [5.74, 6) is -0.260. The van der Waals surface area contributed by atoms with Crippen LogP contribution in [0.3, 0.4) is 0 Å². The second-order valence-electron chi connectivity index (χ2n) is 6.29. The molecule has 0 aliphatic rings. The van der Waals surface area contributed by atoms with Crippen LogP contribution in [0.1, 0.15) is 5.69 Å². The molecule has 2 aromatic carbocycles. The molecule has 4 aromatic rings. The molecule has 3 N–H and O–H groups in total. The van der Waals surface area contributed by atoms with E-state index < -0.39 is 0 Å². The fourth-order valence-electron chi connectivity index (χ4n) is 2.87. The number of carbonyl (C=O) groups is 1. The Hall–Kier alpha value is -3.99. The summed E-state index contributed by atoms with van der Waals surface area (Å²) in [6.45, 7) is 0. The van der Waals surface area contributed by atoms with Crippen molar-refractivity contribution < 1.29 is 4.79 Å². The zero-order chi connectivity index (χ0) is 19.3. The van der Waals surface area contributed by atoms with Crippen molar-refractivity contribution in [3.8, 4) is 11.1 Å². The van der Waals surface area contributed by atoms with Crippen molar-refractivity contribution in [1.82, 2.24) is 9.97 Å². The van der Waals surface area contributed by atoms with Crippen molar-refractivity contribution in [1.29, 1.82) is 0 Å². The zero-order valence-corrected chi connectivity index (χ0v) is 15.0. The fraction of sp³-hybridized carbons (Fsp3) is 0. The predicted octanol–water partition coefficient (Wildman–Crippen LogP) is 4.53. The molecule has 0 radical (unpaired) electrons. The second-order valence-corrected chi connectivity index (χ2v) is 6.29. The number of pyridine rings is 2. The lowest BCUT2D eigenvalue weighted by Gasteiger charge is -2.05. The van der Waals surface area contributed by atoms with E-state index in [4.69, 9.17) is 5.73 Å². The van der Waals surface area contributed by atoms with Crippen LogP contribution < -0.4 is 11.1 Å². The van der Waals surface area contributed by atoms with Gasteiger partial charge in [0.25, 0.3) is 0 Å². The predicted molar refractivity (Wildman–Crippen MR) is 113 cm³/mol. The van der Waals surface area contributed by atoms with Crippen molar-refractivity contribution in [3.05, 3.63) is 90.9 Å². The standard InChI is InChI=1S/C23H18N4O/c24-20-5-1-2-6-21(20)27-23(28)12-11-19-10-9-18(15-26-19)17-8-7-16-4-3-13-25-22(16)14-17/h1-15H,24H2,(H,27,28)/b12-11+. The Kier molecular flexibility index (Phi) is 4.80. The van der Waals surface area contributed by atoms with Gasteiger partial charge in [0.1, 0.15) is 0 Å². The van der Waals surface area contributed by atoms with Gasteiger partial charge in [-0.1, -0.05) is 36.4 Å². The molecular weight excluding hydrogens is 348 g/mol. The maximum Gasteiger partial charge on any atom is 0.248 e. The van der Waals surface area contributed by atoms with Crippen LogP contribution in [0.5, 0.6) is 0 Å². The molecule has 4 rings (SSSR count). The molecule has 2 heterocycles. The Bertz CT molecular complexity index is 1170. The number of nitrogens with zero attached hydrogens (tertiary/aromatic N) is 2. The maximum absolute atomic E-state index is 12.1. The molecule has 0 saturated heterocycles. The van der Waals surface area contributed by atoms with Gasteiger partial charge in [-0.25, -0.2) is 0 Å². The first-order valence-corrected chi connectivity index (χ1v) is 8.84. The normalized spacial score (nSPS) is 11.0. The zero-order valence-electron chi connectivity index (χ0n) is 15.0. The number of nitrogens with one attached hydrogen (secondary N) is 1. The highest BCUT2D eigenvalue weighted by Crippen LogP contribution is 2.23. The Morgan fingerprint density at radius 2 is 1.79 bits per heavy atom. The molecule has 0 aliphatic heterocycles. The van der Waals surface area contributed by atoms with Gasteiger partial charge in [0, 0.05) is 29.4 Å². The number of hydrogen-bond donors (Lipinski definition) is 2. The van der Waals surface area contributed by atoms with Crippen LogP contribution in [-0.4, -0.2) is 15.9 Å². The SMILES string of the molecule is Nc1ccccc1NC(=O)/C=C/c1ccc(-c2ccc3cccnc3c2)cn1. The Balaban J connectivity index is 1.47. The first-order valence-electron chi connectivity index (χ1n) is 8.84. The minimum atomic E-state index is -0.260. The van der Waals surface area contributed by atoms with E-state index in [-0.39, 0.29) is 5.91 Å². The third-order valence-electron chi connectivity index (χ3n) is 4.35. The molecule has 0 atom stereocenters. The number of aromatic nitrogens is 2. The van der Waals surface area contributed by atoms with Crippen molar-refractivity contribution in [2.45, 2.75) is 0 Å². The summed E-state index contributed by atoms with van der Waals surface area (Å²) in [4.78, 5) is 20.9. The van der Waals surface area contributed by atoms with Crippen LogP contribution in [0.25, 0.3) is 28.1 Å². The van der Waals surface area contributed by atoms with Crippen LogP contribution in [-0.2, 0) is 4.79 Å². The van der Waals surface area contributed by atoms with Gasteiger partial charge < -0.3 is 11.1 Å². The van der Waals surface area contributed by atoms with Crippen LogP contribution in [0.2, 0.25) is 0 Å². The summed E-state index contributed by atoms with van der Waals surface area (Å²) in [5.41, 5.74) is 10.6. The van der Waals surface area contributed by atoms with E-state index in [0.717, 1.165) is 22.0 Å².